The Morgan fingerprint density at radius 3 is 2.61 bits per heavy atom. The summed E-state index contributed by atoms with van der Waals surface area (Å²) < 4.78 is 50.9. The van der Waals surface area contributed by atoms with Crippen molar-refractivity contribution in [1.82, 2.24) is 15.3 Å². The summed E-state index contributed by atoms with van der Waals surface area (Å²) >= 11 is 5.91. The minimum absolute atomic E-state index is 0.120. The average molecular weight is 580 g/mol. The summed E-state index contributed by atoms with van der Waals surface area (Å²) in [4.78, 5) is 37.0. The van der Waals surface area contributed by atoms with Gasteiger partial charge < -0.3 is 19.1 Å². The largest absolute Gasteiger partial charge is 0.461 e. The second kappa shape index (κ2) is 12.7. The molecule has 0 aliphatic carbocycles. The number of imide groups is 1. The highest BCUT2D eigenvalue weighted by molar-refractivity contribution is 7.52. The number of hydrogen-bond donors (Lipinski definition) is 3. The SMILES string of the molecule is CCC(CC)OC(=O)[C@H](C)NP(=O)(OC[C@H]1O[C@@H](N2CCC(=O)NC2=O)[C@@](F)(Cl)[C@@H]1O)Oc1ccccc1. The van der Waals surface area contributed by atoms with Crippen LogP contribution in [0.4, 0.5) is 9.18 Å². The van der Waals surface area contributed by atoms with Gasteiger partial charge in [0.25, 0.3) is 5.13 Å². The van der Waals surface area contributed by atoms with E-state index >= 15 is 4.39 Å². The van der Waals surface area contributed by atoms with Gasteiger partial charge in [0.2, 0.25) is 5.91 Å². The first-order chi connectivity index (χ1) is 17.9. The number of carbonyl (C=O) groups is 3. The Hall–Kier alpha value is -2.28. The smallest absolute Gasteiger partial charge is 0.459 e. The molecule has 3 amide bonds. The third-order valence-corrected chi connectivity index (χ3v) is 8.08. The fraction of sp³-hybridized carbons (Fsp3) is 0.609. The van der Waals surface area contributed by atoms with Crippen LogP contribution in [0, 0.1) is 0 Å². The topological polar surface area (TPSA) is 153 Å². The molecule has 12 nitrogen and oxygen atoms in total. The van der Waals surface area contributed by atoms with E-state index in [2.05, 4.69) is 5.09 Å². The highest BCUT2D eigenvalue weighted by Gasteiger charge is 2.60. The zero-order chi connectivity index (χ0) is 28.1. The van der Waals surface area contributed by atoms with Gasteiger partial charge in [-0.25, -0.2) is 13.8 Å². The summed E-state index contributed by atoms with van der Waals surface area (Å²) in [5.41, 5.74) is 0. The van der Waals surface area contributed by atoms with E-state index in [1.54, 1.807) is 18.2 Å². The zero-order valence-electron chi connectivity index (χ0n) is 21.2. The molecule has 2 saturated heterocycles. The van der Waals surface area contributed by atoms with Crippen molar-refractivity contribution >= 4 is 37.3 Å². The predicted octanol–water partition coefficient (Wildman–Crippen LogP) is 2.83. The number of carbonyl (C=O) groups excluding carboxylic acids is 3. The number of alkyl halides is 2. The number of amides is 3. The second-order valence-electron chi connectivity index (χ2n) is 8.87. The van der Waals surface area contributed by atoms with Crippen LogP contribution in [0.3, 0.4) is 0 Å². The number of esters is 1. The van der Waals surface area contributed by atoms with Crippen LogP contribution in [-0.2, 0) is 28.2 Å². The maximum atomic E-state index is 15.3. The van der Waals surface area contributed by atoms with Crippen LogP contribution in [0.15, 0.2) is 30.3 Å². The molecule has 0 spiro atoms. The first kappa shape index (κ1) is 30.3. The molecule has 3 rings (SSSR count). The molecular weight excluding hydrogens is 548 g/mol. The maximum Gasteiger partial charge on any atom is 0.459 e. The summed E-state index contributed by atoms with van der Waals surface area (Å²) in [6, 6.07) is 5.89. The Labute approximate surface area is 224 Å². The van der Waals surface area contributed by atoms with Gasteiger partial charge in [0.15, 0.2) is 6.23 Å². The van der Waals surface area contributed by atoms with Crippen LogP contribution < -0.4 is 14.9 Å². The molecule has 1 aromatic carbocycles. The van der Waals surface area contributed by atoms with Gasteiger partial charge in [0.05, 0.1) is 6.61 Å². The van der Waals surface area contributed by atoms with Crippen LogP contribution in [0.2, 0.25) is 0 Å². The van der Waals surface area contributed by atoms with Crippen LogP contribution in [0.1, 0.15) is 40.0 Å². The molecule has 38 heavy (non-hydrogen) atoms. The molecule has 0 bridgehead atoms. The third kappa shape index (κ3) is 7.22. The number of aliphatic hydroxyl groups is 1. The minimum atomic E-state index is -4.35. The van der Waals surface area contributed by atoms with Gasteiger partial charge in [-0.2, -0.15) is 5.09 Å². The van der Waals surface area contributed by atoms with Crippen molar-refractivity contribution in [3.8, 4) is 5.75 Å². The highest BCUT2D eigenvalue weighted by Crippen LogP contribution is 2.47. The van der Waals surface area contributed by atoms with Crippen LogP contribution in [-0.4, -0.2) is 76.8 Å². The van der Waals surface area contributed by atoms with E-state index in [0.717, 1.165) is 4.90 Å². The van der Waals surface area contributed by atoms with Crippen molar-refractivity contribution in [3.63, 3.8) is 0 Å². The maximum absolute atomic E-state index is 15.3. The molecule has 2 fully saturated rings. The van der Waals surface area contributed by atoms with E-state index in [1.807, 2.05) is 19.2 Å². The molecule has 2 aliphatic heterocycles. The fourth-order valence-corrected chi connectivity index (χ4v) is 5.64. The number of rotatable bonds is 12. The van der Waals surface area contributed by atoms with Crippen molar-refractivity contribution in [1.29, 1.82) is 0 Å². The van der Waals surface area contributed by atoms with Gasteiger partial charge in [0.1, 0.15) is 30.1 Å². The molecule has 1 aromatic rings. The molecule has 2 heterocycles. The number of para-hydroxylation sites is 1. The molecule has 2 aliphatic rings. The van der Waals surface area contributed by atoms with Gasteiger partial charge >= 0.3 is 19.7 Å². The normalized spacial score (nSPS) is 28.1. The number of aliphatic hydroxyl groups excluding tert-OH is 1. The number of nitrogens with one attached hydrogen (secondary N) is 2. The Kier molecular flexibility index (Phi) is 10.1. The predicted molar refractivity (Wildman–Crippen MR) is 133 cm³/mol. The van der Waals surface area contributed by atoms with E-state index in [4.69, 9.17) is 30.1 Å². The standard InChI is InChI=1S/C23H32ClFN3O9P/c1-4-15(5-2)35-20(31)14(3)27-38(33,37-16-9-7-6-8-10-16)34-13-17-19(30)23(24,25)21(36-17)28-12-11-18(29)26-22(28)32/h6-10,14-15,17,19,21,30H,4-5,11-13H2,1-3H3,(H,27,33)(H,26,29,32)/t14-,17+,19+,21+,23+,38?/m0/s1. The Morgan fingerprint density at radius 2 is 2.00 bits per heavy atom. The van der Waals surface area contributed by atoms with Gasteiger partial charge in [-0.3, -0.25) is 24.3 Å². The number of urea groups is 1. The quantitative estimate of drug-likeness (QED) is 0.191. The lowest BCUT2D eigenvalue weighted by Crippen LogP contribution is -2.58. The molecule has 0 saturated carbocycles. The van der Waals surface area contributed by atoms with Crippen molar-refractivity contribution < 1.29 is 47.0 Å². The second-order valence-corrected chi connectivity index (χ2v) is 11.1. The number of benzene rings is 1. The molecule has 1 unspecified atom stereocenters. The monoisotopic (exact) mass is 579 g/mol. The lowest BCUT2D eigenvalue weighted by molar-refractivity contribution is -0.151. The van der Waals surface area contributed by atoms with Crippen molar-refractivity contribution in [2.75, 3.05) is 13.2 Å². The van der Waals surface area contributed by atoms with Gasteiger partial charge in [-0.05, 0) is 31.9 Å². The van der Waals surface area contributed by atoms with E-state index < -0.39 is 61.9 Å². The molecular formula is C23H32ClFN3O9P. The van der Waals surface area contributed by atoms with Gasteiger partial charge in [-0.15, -0.1) is 0 Å². The van der Waals surface area contributed by atoms with E-state index in [1.165, 1.54) is 19.1 Å². The van der Waals surface area contributed by atoms with E-state index in [9.17, 15) is 24.1 Å². The molecule has 6 atom stereocenters. The Morgan fingerprint density at radius 1 is 1.34 bits per heavy atom. The number of hydrogen-bond acceptors (Lipinski definition) is 9. The molecule has 0 aromatic heterocycles. The first-order valence-electron chi connectivity index (χ1n) is 12.2. The molecule has 3 N–H and O–H groups in total. The fourth-order valence-electron chi connectivity index (χ4n) is 3.83. The van der Waals surface area contributed by atoms with Crippen LogP contribution in [0.5, 0.6) is 5.75 Å². The molecule has 15 heteroatoms. The number of nitrogens with zero attached hydrogens (tertiary/aromatic N) is 1. The van der Waals surface area contributed by atoms with E-state index in [-0.39, 0.29) is 24.8 Å². The zero-order valence-corrected chi connectivity index (χ0v) is 22.8. The number of ether oxygens (including phenoxy) is 2. The summed E-state index contributed by atoms with van der Waals surface area (Å²) in [6.45, 7) is 4.24. The highest BCUT2D eigenvalue weighted by atomic mass is 35.5. The van der Waals surface area contributed by atoms with Crippen molar-refractivity contribution in [2.45, 2.75) is 75.7 Å². The van der Waals surface area contributed by atoms with Crippen LogP contribution >= 0.6 is 19.3 Å². The lowest BCUT2D eigenvalue weighted by atomic mass is 10.1. The molecule has 212 valence electrons. The van der Waals surface area contributed by atoms with Crippen molar-refractivity contribution in [2.24, 2.45) is 0 Å². The summed E-state index contributed by atoms with van der Waals surface area (Å²) in [5.74, 6) is -1.10. The minimum Gasteiger partial charge on any atom is -0.461 e. The van der Waals surface area contributed by atoms with Crippen LogP contribution in [0.25, 0.3) is 0 Å². The Bertz CT molecular complexity index is 1050. The first-order valence-corrected chi connectivity index (χ1v) is 14.1. The average Bonchev–Trinajstić information content (AvgIpc) is 3.09. The van der Waals surface area contributed by atoms with Gasteiger partial charge in [0, 0.05) is 13.0 Å². The summed E-state index contributed by atoms with van der Waals surface area (Å²) in [7, 11) is -4.35. The Balaban J connectivity index is 1.74. The molecule has 0 radical (unpaired) electrons. The van der Waals surface area contributed by atoms with Crippen molar-refractivity contribution in [3.05, 3.63) is 30.3 Å². The van der Waals surface area contributed by atoms with Gasteiger partial charge in [-0.1, -0.05) is 43.6 Å². The summed E-state index contributed by atoms with van der Waals surface area (Å²) in [6.07, 6.45) is -4.54. The third-order valence-electron chi connectivity index (χ3n) is 6.03. The lowest BCUT2D eigenvalue weighted by Gasteiger charge is -2.34. The summed E-state index contributed by atoms with van der Waals surface area (Å²) in [5, 5.41) is 12.1. The number of halogens is 2. The van der Waals surface area contributed by atoms with E-state index in [0.29, 0.717) is 12.8 Å².